The SMILES string of the molecule is CC[C@H](NC(=O)OC(C)(C)C)C(=O)NC[C@H](CCCB1OC(C)(C)C(C)(C)O1)[C@H](NC(C)=O)C(=O)OC(C)(C)C. The zero-order chi connectivity index (χ0) is 31.1. The number of amides is 3. The van der Waals surface area contributed by atoms with Crippen LogP contribution in [0.25, 0.3) is 0 Å². The maximum atomic E-state index is 13.2. The average Bonchev–Trinajstić information content (AvgIpc) is 2.95. The summed E-state index contributed by atoms with van der Waals surface area (Å²) in [6.45, 7) is 21.6. The molecule has 3 N–H and O–H groups in total. The van der Waals surface area contributed by atoms with Crippen LogP contribution >= 0.6 is 0 Å². The Morgan fingerprint density at radius 1 is 0.875 bits per heavy atom. The average molecular weight is 570 g/mol. The molecule has 0 aliphatic carbocycles. The van der Waals surface area contributed by atoms with Crippen LogP contribution in [0.4, 0.5) is 4.79 Å². The summed E-state index contributed by atoms with van der Waals surface area (Å²) >= 11 is 0. The van der Waals surface area contributed by atoms with Crippen LogP contribution in [0, 0.1) is 5.92 Å². The molecule has 0 saturated carbocycles. The summed E-state index contributed by atoms with van der Waals surface area (Å²) in [5, 5.41) is 8.15. The predicted octanol–water partition coefficient (Wildman–Crippen LogP) is 3.74. The second kappa shape index (κ2) is 14.0. The lowest BCUT2D eigenvalue weighted by atomic mass is 9.80. The molecule has 3 amide bonds. The first kappa shape index (κ1) is 35.7. The lowest BCUT2D eigenvalue weighted by Crippen LogP contribution is -2.53. The molecule has 0 bridgehead atoms. The lowest BCUT2D eigenvalue weighted by Gasteiger charge is -2.32. The van der Waals surface area contributed by atoms with E-state index in [9.17, 15) is 19.2 Å². The Bertz CT molecular complexity index is 879. The molecule has 3 atom stereocenters. The molecule has 1 fully saturated rings. The molecule has 0 aromatic rings. The van der Waals surface area contributed by atoms with Gasteiger partial charge in [0, 0.05) is 19.4 Å². The summed E-state index contributed by atoms with van der Waals surface area (Å²) in [5.41, 5.74) is -2.40. The second-order valence-corrected chi connectivity index (χ2v) is 13.4. The van der Waals surface area contributed by atoms with E-state index < -0.39 is 71.4 Å². The number of ether oxygens (including phenoxy) is 2. The first-order chi connectivity index (χ1) is 18.1. The van der Waals surface area contributed by atoms with E-state index in [0.717, 1.165) is 0 Å². The third-order valence-electron chi connectivity index (χ3n) is 6.76. The molecule has 0 aromatic heterocycles. The maximum absolute atomic E-state index is 13.2. The molecule has 0 aromatic carbocycles. The van der Waals surface area contributed by atoms with Gasteiger partial charge in [0.1, 0.15) is 23.3 Å². The summed E-state index contributed by atoms with van der Waals surface area (Å²) in [7, 11) is -0.413. The molecule has 12 heteroatoms. The minimum Gasteiger partial charge on any atom is -0.458 e. The third kappa shape index (κ3) is 12.0. The van der Waals surface area contributed by atoms with Gasteiger partial charge < -0.3 is 34.7 Å². The number of hydrogen-bond acceptors (Lipinski definition) is 8. The van der Waals surface area contributed by atoms with E-state index in [2.05, 4.69) is 16.0 Å². The Morgan fingerprint density at radius 2 is 1.40 bits per heavy atom. The Balaban J connectivity index is 3.03. The van der Waals surface area contributed by atoms with E-state index in [1.165, 1.54) is 6.92 Å². The number of rotatable bonds is 12. The van der Waals surface area contributed by atoms with E-state index in [-0.39, 0.29) is 6.54 Å². The maximum Gasteiger partial charge on any atom is 0.457 e. The summed E-state index contributed by atoms with van der Waals surface area (Å²) < 4.78 is 23.1. The number of nitrogens with one attached hydrogen (secondary N) is 3. The minimum absolute atomic E-state index is 0.0683. The molecule has 0 radical (unpaired) electrons. The molecule has 230 valence electrons. The van der Waals surface area contributed by atoms with Crippen molar-refractivity contribution in [2.45, 2.75) is 143 Å². The first-order valence-electron chi connectivity index (χ1n) is 14.2. The molecule has 1 rings (SSSR count). The Labute approximate surface area is 240 Å². The van der Waals surface area contributed by atoms with Crippen molar-refractivity contribution in [1.29, 1.82) is 0 Å². The van der Waals surface area contributed by atoms with Crippen molar-refractivity contribution >= 4 is 31.0 Å². The Kier molecular flexibility index (Phi) is 12.5. The van der Waals surface area contributed by atoms with Crippen molar-refractivity contribution < 1.29 is 38.0 Å². The molecule has 40 heavy (non-hydrogen) atoms. The van der Waals surface area contributed by atoms with Gasteiger partial charge >= 0.3 is 19.2 Å². The van der Waals surface area contributed by atoms with Crippen molar-refractivity contribution in [2.75, 3.05) is 6.54 Å². The largest absolute Gasteiger partial charge is 0.458 e. The van der Waals surface area contributed by atoms with Crippen molar-refractivity contribution in [3.63, 3.8) is 0 Å². The summed E-state index contributed by atoms with van der Waals surface area (Å²) in [4.78, 5) is 50.5. The second-order valence-electron chi connectivity index (χ2n) is 13.4. The van der Waals surface area contributed by atoms with E-state index in [1.54, 1.807) is 48.5 Å². The minimum atomic E-state index is -0.991. The number of carbonyl (C=O) groups is 4. The monoisotopic (exact) mass is 569 g/mol. The molecular weight excluding hydrogens is 517 g/mol. The van der Waals surface area contributed by atoms with Crippen LogP contribution in [0.5, 0.6) is 0 Å². The summed E-state index contributed by atoms with van der Waals surface area (Å²) in [6.07, 6.45) is 1.27. The van der Waals surface area contributed by atoms with Gasteiger partial charge in [0.25, 0.3) is 0 Å². The van der Waals surface area contributed by atoms with Crippen molar-refractivity contribution in [3.8, 4) is 0 Å². The van der Waals surface area contributed by atoms with Crippen molar-refractivity contribution in [3.05, 3.63) is 0 Å². The van der Waals surface area contributed by atoms with Gasteiger partial charge in [0.15, 0.2) is 0 Å². The van der Waals surface area contributed by atoms with Gasteiger partial charge in [0.05, 0.1) is 11.2 Å². The smallest absolute Gasteiger partial charge is 0.457 e. The van der Waals surface area contributed by atoms with Gasteiger partial charge in [-0.1, -0.05) is 13.3 Å². The van der Waals surface area contributed by atoms with Crippen LogP contribution < -0.4 is 16.0 Å². The molecule has 0 spiro atoms. The highest BCUT2D eigenvalue weighted by atomic mass is 16.7. The Hall–Kier alpha value is -2.34. The fourth-order valence-electron chi connectivity index (χ4n) is 4.13. The van der Waals surface area contributed by atoms with Gasteiger partial charge in [-0.2, -0.15) is 0 Å². The van der Waals surface area contributed by atoms with Crippen molar-refractivity contribution in [2.24, 2.45) is 5.92 Å². The zero-order valence-corrected chi connectivity index (χ0v) is 26.6. The third-order valence-corrected chi connectivity index (χ3v) is 6.76. The van der Waals surface area contributed by atoms with Crippen LogP contribution in [0.1, 0.15) is 102 Å². The predicted molar refractivity (Wildman–Crippen MR) is 154 cm³/mol. The highest BCUT2D eigenvalue weighted by Gasteiger charge is 2.50. The van der Waals surface area contributed by atoms with Crippen LogP contribution in [-0.4, -0.2) is 72.0 Å². The molecule has 1 aliphatic rings. The molecule has 1 heterocycles. The molecular formula is C28H52BN3O8. The topological polar surface area (TPSA) is 141 Å². The van der Waals surface area contributed by atoms with Gasteiger partial charge in [-0.05, 0) is 88.4 Å². The van der Waals surface area contributed by atoms with Gasteiger partial charge in [0.2, 0.25) is 11.8 Å². The van der Waals surface area contributed by atoms with Crippen LogP contribution in [0.3, 0.4) is 0 Å². The van der Waals surface area contributed by atoms with Crippen molar-refractivity contribution in [1.82, 2.24) is 16.0 Å². The van der Waals surface area contributed by atoms with E-state index in [4.69, 9.17) is 18.8 Å². The molecule has 11 nitrogen and oxygen atoms in total. The fraction of sp³-hybridized carbons (Fsp3) is 0.857. The highest BCUT2D eigenvalue weighted by Crippen LogP contribution is 2.38. The quantitative estimate of drug-likeness (QED) is 0.239. The van der Waals surface area contributed by atoms with Gasteiger partial charge in [-0.15, -0.1) is 0 Å². The molecule has 1 saturated heterocycles. The molecule has 0 unspecified atom stereocenters. The summed E-state index contributed by atoms with van der Waals surface area (Å²) in [5.74, 6) is -1.90. The van der Waals surface area contributed by atoms with Crippen LogP contribution in [0.2, 0.25) is 6.32 Å². The molecule has 1 aliphatic heterocycles. The normalized spacial score (nSPS) is 18.8. The van der Waals surface area contributed by atoms with E-state index in [0.29, 0.717) is 25.6 Å². The van der Waals surface area contributed by atoms with Gasteiger partial charge in [-0.3, -0.25) is 9.59 Å². The number of carbonyl (C=O) groups excluding carboxylic acids is 4. The summed E-state index contributed by atoms with van der Waals surface area (Å²) in [6, 6.07) is -1.82. The number of alkyl carbamates (subject to hydrolysis) is 1. The van der Waals surface area contributed by atoms with E-state index in [1.807, 2.05) is 27.7 Å². The first-order valence-corrected chi connectivity index (χ1v) is 14.2. The van der Waals surface area contributed by atoms with Gasteiger partial charge in [-0.25, -0.2) is 9.59 Å². The van der Waals surface area contributed by atoms with E-state index >= 15 is 0 Å². The van der Waals surface area contributed by atoms with Crippen LogP contribution in [-0.2, 0) is 33.2 Å². The number of esters is 1. The lowest BCUT2D eigenvalue weighted by molar-refractivity contribution is -0.160. The Morgan fingerprint density at radius 3 is 1.85 bits per heavy atom. The fourth-order valence-corrected chi connectivity index (χ4v) is 4.13. The standard InChI is InChI=1S/C28H52BN3O8/c1-13-20(32-24(36)38-26(6,7)8)22(34)30-17-19(21(31-18(2)33)23(35)37-25(3,4)5)15-14-16-29-39-27(9,10)28(11,12)40-29/h19-21H,13-17H2,1-12H3,(H,30,34)(H,31,33)(H,32,36)/t19-,20-,21-/m0/s1. The van der Waals surface area contributed by atoms with Crippen LogP contribution in [0.15, 0.2) is 0 Å². The highest BCUT2D eigenvalue weighted by molar-refractivity contribution is 6.45. The zero-order valence-electron chi connectivity index (χ0n) is 26.6. The number of hydrogen-bond donors (Lipinski definition) is 3.